The molecule has 0 atom stereocenters. The first-order valence-corrected chi connectivity index (χ1v) is 6.03. The number of halogens is 1. The van der Waals surface area contributed by atoms with Gasteiger partial charge >= 0.3 is 0 Å². The molecule has 4 nitrogen and oxygen atoms in total. The van der Waals surface area contributed by atoms with E-state index in [1.54, 1.807) is 18.0 Å². The number of hydrogen-bond acceptors (Lipinski definition) is 3. The van der Waals surface area contributed by atoms with E-state index in [0.29, 0.717) is 6.54 Å². The zero-order chi connectivity index (χ0) is 13.5. The molecule has 1 aromatic rings. The van der Waals surface area contributed by atoms with E-state index in [1.165, 1.54) is 12.1 Å². The molecule has 0 bridgehead atoms. The molecule has 0 aliphatic heterocycles. The van der Waals surface area contributed by atoms with Crippen molar-refractivity contribution in [3.8, 4) is 0 Å². The second kappa shape index (κ2) is 6.96. The highest BCUT2D eigenvalue weighted by Gasteiger charge is 2.10. The van der Waals surface area contributed by atoms with Crippen molar-refractivity contribution in [2.24, 2.45) is 5.73 Å². The Balaban J connectivity index is 2.84. The summed E-state index contributed by atoms with van der Waals surface area (Å²) < 4.78 is 13.2. The zero-order valence-electron chi connectivity index (χ0n) is 10.9. The molecule has 0 heterocycles. The highest BCUT2D eigenvalue weighted by molar-refractivity contribution is 5.79. The van der Waals surface area contributed by atoms with Crippen LogP contribution in [0.2, 0.25) is 0 Å². The number of anilines is 1. The van der Waals surface area contributed by atoms with Crippen LogP contribution >= 0.6 is 0 Å². The van der Waals surface area contributed by atoms with Crippen LogP contribution in [0.15, 0.2) is 18.2 Å². The number of carbonyl (C=O) groups is 1. The number of benzene rings is 1. The third-order valence-corrected chi connectivity index (χ3v) is 2.59. The molecular formula is C13H20FN3O. The highest BCUT2D eigenvalue weighted by atomic mass is 19.1. The molecule has 100 valence electrons. The fourth-order valence-electron chi connectivity index (χ4n) is 1.79. The lowest BCUT2D eigenvalue weighted by Gasteiger charge is -2.21. The highest BCUT2D eigenvalue weighted by Crippen LogP contribution is 2.20. The predicted molar refractivity (Wildman–Crippen MR) is 70.9 cm³/mol. The molecule has 3 N–H and O–H groups in total. The number of likely N-dealkylation sites (N-methyl/N-ethyl adjacent to an activating group) is 1. The molecule has 0 aromatic heterocycles. The fourth-order valence-corrected chi connectivity index (χ4v) is 1.79. The zero-order valence-corrected chi connectivity index (χ0v) is 10.9. The van der Waals surface area contributed by atoms with Gasteiger partial charge < -0.3 is 16.0 Å². The van der Waals surface area contributed by atoms with Gasteiger partial charge in [-0.15, -0.1) is 0 Å². The van der Waals surface area contributed by atoms with Gasteiger partial charge in [-0.3, -0.25) is 4.79 Å². The molecule has 18 heavy (non-hydrogen) atoms. The maximum Gasteiger partial charge on any atom is 0.236 e. The van der Waals surface area contributed by atoms with E-state index in [9.17, 15) is 9.18 Å². The van der Waals surface area contributed by atoms with E-state index in [1.807, 2.05) is 0 Å². The Kier molecular flexibility index (Phi) is 5.58. The molecular weight excluding hydrogens is 233 g/mol. The van der Waals surface area contributed by atoms with Crippen molar-refractivity contribution in [1.82, 2.24) is 5.32 Å². The van der Waals surface area contributed by atoms with Gasteiger partial charge in [0.15, 0.2) is 0 Å². The second-order valence-electron chi connectivity index (χ2n) is 4.27. The molecule has 0 fully saturated rings. The van der Waals surface area contributed by atoms with Crippen LogP contribution in [0.5, 0.6) is 0 Å². The number of amides is 1. The summed E-state index contributed by atoms with van der Waals surface area (Å²) in [6, 6.07) is 4.53. The number of rotatable bonds is 7. The van der Waals surface area contributed by atoms with Gasteiger partial charge in [-0.25, -0.2) is 4.39 Å². The van der Waals surface area contributed by atoms with Crippen LogP contribution in [-0.4, -0.2) is 26.0 Å². The summed E-state index contributed by atoms with van der Waals surface area (Å²) in [6.07, 6.45) is 1.02. The Morgan fingerprint density at radius 3 is 2.83 bits per heavy atom. The Morgan fingerprint density at radius 1 is 1.50 bits per heavy atom. The molecule has 0 aliphatic carbocycles. The van der Waals surface area contributed by atoms with E-state index in [4.69, 9.17) is 5.73 Å². The number of nitrogens with zero attached hydrogens (tertiary/aromatic N) is 1. The second-order valence-corrected chi connectivity index (χ2v) is 4.27. The van der Waals surface area contributed by atoms with Crippen LogP contribution in [0.1, 0.15) is 18.9 Å². The van der Waals surface area contributed by atoms with Gasteiger partial charge in [-0.1, -0.05) is 6.92 Å². The van der Waals surface area contributed by atoms with Gasteiger partial charge in [0.25, 0.3) is 0 Å². The topological polar surface area (TPSA) is 58.4 Å². The smallest absolute Gasteiger partial charge is 0.236 e. The number of primary amides is 1. The third-order valence-electron chi connectivity index (χ3n) is 2.59. The molecule has 0 radical (unpaired) electrons. The molecule has 0 spiro atoms. The lowest BCUT2D eigenvalue weighted by Crippen LogP contribution is -2.31. The van der Waals surface area contributed by atoms with Crippen LogP contribution in [0, 0.1) is 5.82 Å². The fraction of sp³-hybridized carbons (Fsp3) is 0.462. The molecule has 1 aromatic carbocycles. The molecule has 0 unspecified atom stereocenters. The maximum absolute atomic E-state index is 13.2. The Morgan fingerprint density at radius 2 is 2.22 bits per heavy atom. The molecule has 5 heteroatoms. The quantitative estimate of drug-likeness (QED) is 0.719. The summed E-state index contributed by atoms with van der Waals surface area (Å²) in [5.74, 6) is -0.686. The minimum absolute atomic E-state index is 0.117. The summed E-state index contributed by atoms with van der Waals surface area (Å²) in [5.41, 5.74) is 6.81. The number of nitrogens with one attached hydrogen (secondary N) is 1. The van der Waals surface area contributed by atoms with Gasteiger partial charge in [0.2, 0.25) is 5.91 Å². The van der Waals surface area contributed by atoms with E-state index < -0.39 is 5.91 Å². The third kappa shape index (κ3) is 4.33. The summed E-state index contributed by atoms with van der Waals surface area (Å²) in [7, 11) is 1.77. The summed E-state index contributed by atoms with van der Waals surface area (Å²) in [4.78, 5) is 12.6. The van der Waals surface area contributed by atoms with Gasteiger partial charge in [0.05, 0.1) is 6.54 Å². The molecule has 0 saturated heterocycles. The van der Waals surface area contributed by atoms with E-state index in [-0.39, 0.29) is 12.4 Å². The number of hydrogen-bond donors (Lipinski definition) is 2. The Hall–Kier alpha value is -1.62. The number of carbonyl (C=O) groups excluding carboxylic acids is 1. The maximum atomic E-state index is 13.2. The molecule has 0 saturated carbocycles. The first-order valence-electron chi connectivity index (χ1n) is 6.03. The lowest BCUT2D eigenvalue weighted by atomic mass is 10.1. The minimum Gasteiger partial charge on any atom is -0.368 e. The van der Waals surface area contributed by atoms with Gasteiger partial charge in [-0.05, 0) is 36.7 Å². The first-order chi connectivity index (χ1) is 8.54. The van der Waals surface area contributed by atoms with Crippen molar-refractivity contribution in [1.29, 1.82) is 0 Å². The van der Waals surface area contributed by atoms with Crippen molar-refractivity contribution < 1.29 is 9.18 Å². The van der Waals surface area contributed by atoms with Gasteiger partial charge in [-0.2, -0.15) is 0 Å². The SMILES string of the molecule is CCCNCc1cc(F)ccc1N(C)CC(N)=O. The van der Waals surface area contributed by atoms with Crippen LogP contribution < -0.4 is 16.0 Å². The standard InChI is InChI=1S/C13H20FN3O/c1-3-6-16-8-10-7-11(14)4-5-12(10)17(2)9-13(15)18/h4-5,7,16H,3,6,8-9H2,1-2H3,(H2,15,18). The lowest BCUT2D eigenvalue weighted by molar-refractivity contribution is -0.116. The van der Waals surface area contributed by atoms with Gasteiger partial charge in [0, 0.05) is 19.3 Å². The molecule has 1 amide bonds. The summed E-state index contributed by atoms with van der Waals surface area (Å²) in [6.45, 7) is 3.63. The van der Waals surface area contributed by atoms with E-state index >= 15 is 0 Å². The average molecular weight is 253 g/mol. The summed E-state index contributed by atoms with van der Waals surface area (Å²) >= 11 is 0. The largest absolute Gasteiger partial charge is 0.368 e. The minimum atomic E-state index is -0.408. The van der Waals surface area contributed by atoms with Crippen molar-refractivity contribution in [2.45, 2.75) is 19.9 Å². The summed E-state index contributed by atoms with van der Waals surface area (Å²) in [5, 5.41) is 3.22. The van der Waals surface area contributed by atoms with Crippen molar-refractivity contribution in [3.05, 3.63) is 29.6 Å². The van der Waals surface area contributed by atoms with Crippen molar-refractivity contribution in [3.63, 3.8) is 0 Å². The van der Waals surface area contributed by atoms with E-state index in [0.717, 1.165) is 24.2 Å². The van der Waals surface area contributed by atoms with Crippen molar-refractivity contribution in [2.75, 3.05) is 25.0 Å². The average Bonchev–Trinajstić information content (AvgIpc) is 2.28. The predicted octanol–water partition coefficient (Wildman–Crippen LogP) is 1.25. The molecule has 0 aliphatic rings. The Labute approximate surface area is 107 Å². The van der Waals surface area contributed by atoms with Crippen molar-refractivity contribution >= 4 is 11.6 Å². The van der Waals surface area contributed by atoms with Crippen LogP contribution in [-0.2, 0) is 11.3 Å². The van der Waals surface area contributed by atoms with Crippen LogP contribution in [0.3, 0.4) is 0 Å². The normalized spacial score (nSPS) is 10.4. The monoisotopic (exact) mass is 253 g/mol. The van der Waals surface area contributed by atoms with E-state index in [2.05, 4.69) is 12.2 Å². The first kappa shape index (κ1) is 14.4. The molecule has 1 rings (SSSR count). The van der Waals surface area contributed by atoms with Crippen LogP contribution in [0.4, 0.5) is 10.1 Å². The number of nitrogens with two attached hydrogens (primary N) is 1. The van der Waals surface area contributed by atoms with Gasteiger partial charge in [0.1, 0.15) is 5.82 Å². The van der Waals surface area contributed by atoms with Crippen LogP contribution in [0.25, 0.3) is 0 Å². The Bertz CT molecular complexity index is 409.